The summed E-state index contributed by atoms with van der Waals surface area (Å²) in [6.07, 6.45) is 2.03. The van der Waals surface area contributed by atoms with Crippen LogP contribution in [-0.4, -0.2) is 26.4 Å². The Balaban J connectivity index is 4.15. The quantitative estimate of drug-likeness (QED) is 0.616. The number of ether oxygens (including phenoxy) is 2. The van der Waals surface area contributed by atoms with Gasteiger partial charge in [-0.3, -0.25) is 0 Å². The maximum absolute atomic E-state index is 5.57. The highest BCUT2D eigenvalue weighted by atomic mass is 16.5. The highest BCUT2D eigenvalue weighted by Crippen LogP contribution is 2.28. The first-order chi connectivity index (χ1) is 5.63. The summed E-state index contributed by atoms with van der Waals surface area (Å²) in [5, 5.41) is 0. The van der Waals surface area contributed by atoms with Crippen LogP contribution in [0.3, 0.4) is 0 Å². The van der Waals surface area contributed by atoms with Crippen LogP contribution < -0.4 is 0 Å². The molecule has 0 amide bonds. The van der Waals surface area contributed by atoms with Crippen LogP contribution in [0.4, 0.5) is 0 Å². The fourth-order valence-corrected chi connectivity index (χ4v) is 1.63. The summed E-state index contributed by atoms with van der Waals surface area (Å²) in [5.74, 6) is 0.544. The molecule has 0 aromatic heterocycles. The summed E-state index contributed by atoms with van der Waals surface area (Å²) >= 11 is 0. The van der Waals surface area contributed by atoms with Crippen LogP contribution in [0.15, 0.2) is 0 Å². The molecule has 0 aliphatic heterocycles. The average molecular weight is 174 g/mol. The fraction of sp³-hybridized carbons (Fsp3) is 1.00. The van der Waals surface area contributed by atoms with Crippen molar-refractivity contribution >= 4 is 0 Å². The zero-order valence-electron chi connectivity index (χ0n) is 9.02. The van der Waals surface area contributed by atoms with Gasteiger partial charge < -0.3 is 9.47 Å². The molecule has 12 heavy (non-hydrogen) atoms. The van der Waals surface area contributed by atoms with Gasteiger partial charge in [0.25, 0.3) is 0 Å². The third-order valence-corrected chi connectivity index (χ3v) is 2.79. The van der Waals surface area contributed by atoms with Gasteiger partial charge in [-0.1, -0.05) is 20.8 Å². The van der Waals surface area contributed by atoms with Gasteiger partial charge in [0.05, 0.1) is 5.60 Å². The Labute approximate surface area is 76.3 Å². The van der Waals surface area contributed by atoms with Crippen molar-refractivity contribution < 1.29 is 9.47 Å². The first kappa shape index (κ1) is 11.9. The molecule has 0 radical (unpaired) electrons. The largest absolute Gasteiger partial charge is 0.385 e. The van der Waals surface area contributed by atoms with E-state index >= 15 is 0 Å². The van der Waals surface area contributed by atoms with Crippen molar-refractivity contribution in [2.75, 3.05) is 20.8 Å². The van der Waals surface area contributed by atoms with Gasteiger partial charge in [0.1, 0.15) is 0 Å². The standard InChI is InChI=1S/C10H22O2/c1-6-10(12-5,9(2)3)7-8-11-4/h9H,6-8H2,1-5H3/t10-/m0/s1. The SMILES string of the molecule is CC[C@@](CCOC)(OC)C(C)C. The Morgan fingerprint density at radius 1 is 1.25 bits per heavy atom. The minimum absolute atomic E-state index is 0.00993. The van der Waals surface area contributed by atoms with Gasteiger partial charge in [-0.2, -0.15) is 0 Å². The minimum atomic E-state index is 0.00993. The van der Waals surface area contributed by atoms with Gasteiger partial charge in [0, 0.05) is 20.8 Å². The average Bonchev–Trinajstić information content (AvgIpc) is 2.07. The Morgan fingerprint density at radius 2 is 1.83 bits per heavy atom. The van der Waals surface area contributed by atoms with Crippen LogP contribution in [0.25, 0.3) is 0 Å². The molecule has 0 aromatic carbocycles. The highest BCUT2D eigenvalue weighted by molar-refractivity contribution is 4.82. The molecule has 0 bridgehead atoms. The summed E-state index contributed by atoms with van der Waals surface area (Å²) in [4.78, 5) is 0. The van der Waals surface area contributed by atoms with Gasteiger partial charge in [-0.05, 0) is 18.8 Å². The monoisotopic (exact) mass is 174 g/mol. The third-order valence-electron chi connectivity index (χ3n) is 2.79. The zero-order chi connectivity index (χ0) is 9.61. The molecule has 0 aromatic rings. The minimum Gasteiger partial charge on any atom is -0.385 e. The first-order valence-electron chi connectivity index (χ1n) is 4.67. The molecule has 0 saturated heterocycles. The summed E-state index contributed by atoms with van der Waals surface area (Å²) in [6, 6.07) is 0. The van der Waals surface area contributed by atoms with E-state index in [-0.39, 0.29) is 5.60 Å². The molecule has 0 fully saturated rings. The van der Waals surface area contributed by atoms with E-state index in [1.165, 1.54) is 0 Å². The fourth-order valence-electron chi connectivity index (χ4n) is 1.63. The molecule has 0 spiro atoms. The van der Waals surface area contributed by atoms with Gasteiger partial charge >= 0.3 is 0 Å². The van der Waals surface area contributed by atoms with Crippen molar-refractivity contribution in [3.05, 3.63) is 0 Å². The topological polar surface area (TPSA) is 18.5 Å². The van der Waals surface area contributed by atoms with Crippen molar-refractivity contribution in [1.29, 1.82) is 0 Å². The molecule has 0 aliphatic rings. The lowest BCUT2D eigenvalue weighted by atomic mass is 9.85. The smallest absolute Gasteiger partial charge is 0.0720 e. The van der Waals surface area contributed by atoms with E-state index in [0.717, 1.165) is 19.4 Å². The van der Waals surface area contributed by atoms with Crippen molar-refractivity contribution in [3.8, 4) is 0 Å². The van der Waals surface area contributed by atoms with E-state index in [9.17, 15) is 0 Å². The van der Waals surface area contributed by atoms with Gasteiger partial charge in [0.15, 0.2) is 0 Å². The zero-order valence-corrected chi connectivity index (χ0v) is 9.02. The first-order valence-corrected chi connectivity index (χ1v) is 4.67. The predicted octanol–water partition coefficient (Wildman–Crippen LogP) is 2.47. The van der Waals surface area contributed by atoms with Crippen molar-refractivity contribution in [2.45, 2.75) is 39.2 Å². The van der Waals surface area contributed by atoms with Crippen LogP contribution in [0, 0.1) is 5.92 Å². The number of hydrogen-bond donors (Lipinski definition) is 0. The lowest BCUT2D eigenvalue weighted by molar-refractivity contribution is -0.0691. The van der Waals surface area contributed by atoms with Gasteiger partial charge in [0.2, 0.25) is 0 Å². The molecule has 0 heterocycles. The van der Waals surface area contributed by atoms with E-state index in [1.54, 1.807) is 14.2 Å². The Hall–Kier alpha value is -0.0800. The second-order valence-corrected chi connectivity index (χ2v) is 3.52. The Morgan fingerprint density at radius 3 is 2.08 bits per heavy atom. The highest BCUT2D eigenvalue weighted by Gasteiger charge is 2.30. The molecule has 74 valence electrons. The predicted molar refractivity (Wildman–Crippen MR) is 51.4 cm³/mol. The van der Waals surface area contributed by atoms with Gasteiger partial charge in [-0.15, -0.1) is 0 Å². The molecular weight excluding hydrogens is 152 g/mol. The second kappa shape index (κ2) is 5.55. The Kier molecular flexibility index (Phi) is 5.51. The second-order valence-electron chi connectivity index (χ2n) is 3.52. The summed E-state index contributed by atoms with van der Waals surface area (Å²) in [7, 11) is 3.52. The van der Waals surface area contributed by atoms with Crippen LogP contribution in [-0.2, 0) is 9.47 Å². The number of hydrogen-bond acceptors (Lipinski definition) is 2. The van der Waals surface area contributed by atoms with Crippen molar-refractivity contribution in [3.63, 3.8) is 0 Å². The van der Waals surface area contributed by atoms with Crippen molar-refractivity contribution in [2.24, 2.45) is 5.92 Å². The maximum Gasteiger partial charge on any atom is 0.0720 e. The summed E-state index contributed by atoms with van der Waals surface area (Å²) in [6.45, 7) is 7.34. The van der Waals surface area contributed by atoms with Crippen LogP contribution >= 0.6 is 0 Å². The van der Waals surface area contributed by atoms with E-state index in [0.29, 0.717) is 5.92 Å². The maximum atomic E-state index is 5.57. The van der Waals surface area contributed by atoms with Gasteiger partial charge in [-0.25, -0.2) is 0 Å². The van der Waals surface area contributed by atoms with E-state index in [1.807, 2.05) is 0 Å². The molecule has 0 saturated carbocycles. The molecule has 2 heteroatoms. The molecule has 0 unspecified atom stereocenters. The van der Waals surface area contributed by atoms with Crippen LogP contribution in [0.5, 0.6) is 0 Å². The van der Waals surface area contributed by atoms with E-state index in [2.05, 4.69) is 20.8 Å². The Bertz CT molecular complexity index is 106. The van der Waals surface area contributed by atoms with E-state index < -0.39 is 0 Å². The molecule has 2 nitrogen and oxygen atoms in total. The van der Waals surface area contributed by atoms with Crippen molar-refractivity contribution in [1.82, 2.24) is 0 Å². The lowest BCUT2D eigenvalue weighted by Crippen LogP contribution is -2.37. The lowest BCUT2D eigenvalue weighted by Gasteiger charge is -2.35. The van der Waals surface area contributed by atoms with E-state index in [4.69, 9.17) is 9.47 Å². The third kappa shape index (κ3) is 2.76. The molecule has 0 rings (SSSR count). The normalized spacial score (nSPS) is 16.5. The summed E-state index contributed by atoms with van der Waals surface area (Å²) < 4.78 is 10.6. The number of methoxy groups -OCH3 is 2. The molecule has 0 N–H and O–H groups in total. The van der Waals surface area contributed by atoms with Crippen LogP contribution in [0.2, 0.25) is 0 Å². The molecule has 1 atom stereocenters. The molecular formula is C10H22O2. The summed E-state index contributed by atoms with van der Waals surface area (Å²) in [5.41, 5.74) is 0.00993. The van der Waals surface area contributed by atoms with Crippen LogP contribution in [0.1, 0.15) is 33.6 Å². The molecule has 0 aliphatic carbocycles. The number of rotatable bonds is 6.